The predicted octanol–water partition coefficient (Wildman–Crippen LogP) is 4.17. The Balaban J connectivity index is 1.54. The molecule has 38 heavy (non-hydrogen) atoms. The van der Waals surface area contributed by atoms with Crippen LogP contribution in [0.25, 0.3) is 10.9 Å². The highest BCUT2D eigenvalue weighted by Gasteiger charge is 2.19. The summed E-state index contributed by atoms with van der Waals surface area (Å²) >= 11 is 0. The average molecular weight is 535 g/mol. The van der Waals surface area contributed by atoms with Crippen LogP contribution in [0.3, 0.4) is 0 Å². The standard InChI is InChI=1S/C28H30N4O5S/c1-3-32-23(13-19-5-7-20(8-6-19)16-30-35)15-22-14-21(9-12-27(22)32)28(34)31-26(18-33)25-11-10-24(17-29-25)38(36,37)4-2/h5-12,14-15,17,26,33H,3-4,13,16,18H2,1-2H3,(H,31,34)/t26-/m0/s1. The molecule has 4 aromatic rings. The quantitative estimate of drug-likeness (QED) is 0.278. The number of carbonyl (C=O) groups is 1. The van der Waals surface area contributed by atoms with Crippen LogP contribution < -0.4 is 5.32 Å². The van der Waals surface area contributed by atoms with Gasteiger partial charge in [-0.2, -0.15) is 4.91 Å². The van der Waals surface area contributed by atoms with Gasteiger partial charge in [0.1, 0.15) is 6.54 Å². The molecule has 2 heterocycles. The van der Waals surface area contributed by atoms with Crippen molar-refractivity contribution in [3.05, 3.63) is 99.8 Å². The van der Waals surface area contributed by atoms with E-state index < -0.39 is 15.9 Å². The van der Waals surface area contributed by atoms with Crippen LogP contribution in [-0.4, -0.2) is 41.3 Å². The van der Waals surface area contributed by atoms with Gasteiger partial charge in [0.05, 0.1) is 29.0 Å². The lowest BCUT2D eigenvalue weighted by Crippen LogP contribution is -2.31. The number of rotatable bonds is 11. The molecule has 0 radical (unpaired) electrons. The highest BCUT2D eigenvalue weighted by molar-refractivity contribution is 7.91. The Hall–Kier alpha value is -3.89. The van der Waals surface area contributed by atoms with Gasteiger partial charge in [-0.15, -0.1) is 0 Å². The van der Waals surface area contributed by atoms with Crippen molar-refractivity contribution in [1.82, 2.24) is 14.9 Å². The van der Waals surface area contributed by atoms with Crippen molar-refractivity contribution < 1.29 is 18.3 Å². The van der Waals surface area contributed by atoms with Gasteiger partial charge < -0.3 is 15.0 Å². The first-order valence-corrected chi connectivity index (χ1v) is 14.0. The second kappa shape index (κ2) is 11.7. The second-order valence-corrected chi connectivity index (χ2v) is 11.2. The maximum absolute atomic E-state index is 13.1. The summed E-state index contributed by atoms with van der Waals surface area (Å²) in [4.78, 5) is 27.8. The number of carbonyl (C=O) groups excluding carboxylic acids is 1. The number of aliphatic hydroxyl groups is 1. The topological polar surface area (TPSA) is 131 Å². The number of amides is 1. The Morgan fingerprint density at radius 3 is 2.39 bits per heavy atom. The molecule has 1 atom stereocenters. The maximum Gasteiger partial charge on any atom is 0.251 e. The first-order valence-electron chi connectivity index (χ1n) is 12.4. The van der Waals surface area contributed by atoms with Gasteiger partial charge in [-0.1, -0.05) is 36.4 Å². The van der Waals surface area contributed by atoms with Gasteiger partial charge in [0.15, 0.2) is 9.84 Å². The summed E-state index contributed by atoms with van der Waals surface area (Å²) in [6.07, 6.45) is 1.94. The molecule has 2 N–H and O–H groups in total. The zero-order valence-electron chi connectivity index (χ0n) is 21.3. The van der Waals surface area contributed by atoms with Crippen molar-refractivity contribution in [1.29, 1.82) is 0 Å². The summed E-state index contributed by atoms with van der Waals surface area (Å²) in [7, 11) is -3.39. The van der Waals surface area contributed by atoms with Crippen LogP contribution in [0.15, 0.2) is 76.9 Å². The number of aryl methyl sites for hydroxylation is 1. The maximum atomic E-state index is 13.1. The van der Waals surface area contributed by atoms with E-state index >= 15 is 0 Å². The summed E-state index contributed by atoms with van der Waals surface area (Å²) in [6, 6.07) is 17.5. The third-order valence-electron chi connectivity index (χ3n) is 6.56. The Bertz CT molecular complexity index is 1540. The number of pyridine rings is 1. The monoisotopic (exact) mass is 534 g/mol. The first kappa shape index (κ1) is 27.2. The molecule has 9 nitrogen and oxygen atoms in total. The van der Waals surface area contributed by atoms with E-state index in [0.29, 0.717) is 17.7 Å². The van der Waals surface area contributed by atoms with Crippen LogP contribution in [0.5, 0.6) is 0 Å². The van der Waals surface area contributed by atoms with Gasteiger partial charge in [-0.3, -0.25) is 9.78 Å². The van der Waals surface area contributed by atoms with Gasteiger partial charge in [0, 0.05) is 41.3 Å². The van der Waals surface area contributed by atoms with Gasteiger partial charge in [0.25, 0.3) is 5.91 Å². The van der Waals surface area contributed by atoms with Crippen LogP contribution in [0.2, 0.25) is 0 Å². The number of hydrogen-bond acceptors (Lipinski definition) is 7. The predicted molar refractivity (Wildman–Crippen MR) is 146 cm³/mol. The Labute approximate surface area is 221 Å². The third kappa shape index (κ3) is 5.81. The lowest BCUT2D eigenvalue weighted by atomic mass is 10.1. The van der Waals surface area contributed by atoms with E-state index in [0.717, 1.165) is 34.3 Å². The van der Waals surface area contributed by atoms with E-state index in [4.69, 9.17) is 0 Å². The van der Waals surface area contributed by atoms with Crippen LogP contribution >= 0.6 is 0 Å². The summed E-state index contributed by atoms with van der Waals surface area (Å²) in [6.45, 7) is 4.15. The zero-order chi connectivity index (χ0) is 27.3. The second-order valence-electron chi connectivity index (χ2n) is 8.96. The van der Waals surface area contributed by atoms with Crippen molar-refractivity contribution in [3.8, 4) is 0 Å². The molecule has 0 fully saturated rings. The highest BCUT2D eigenvalue weighted by Crippen LogP contribution is 2.24. The van der Waals surface area contributed by atoms with Crippen molar-refractivity contribution in [2.24, 2.45) is 5.18 Å². The van der Waals surface area contributed by atoms with Crippen LogP contribution in [-0.2, 0) is 29.3 Å². The third-order valence-corrected chi connectivity index (χ3v) is 8.28. The van der Waals surface area contributed by atoms with Crippen molar-refractivity contribution in [2.75, 3.05) is 12.4 Å². The smallest absolute Gasteiger partial charge is 0.251 e. The summed E-state index contributed by atoms with van der Waals surface area (Å²) in [5.41, 5.74) is 4.88. The number of aromatic nitrogens is 2. The molecule has 0 unspecified atom stereocenters. The Morgan fingerprint density at radius 2 is 1.79 bits per heavy atom. The van der Waals surface area contributed by atoms with Crippen LogP contribution in [0.4, 0.5) is 0 Å². The molecule has 10 heteroatoms. The molecule has 1 amide bonds. The number of aliphatic hydroxyl groups excluding tert-OH is 1. The molecule has 0 saturated heterocycles. The van der Waals surface area contributed by atoms with E-state index in [1.54, 1.807) is 13.0 Å². The van der Waals surface area contributed by atoms with Crippen molar-refractivity contribution in [2.45, 2.75) is 44.3 Å². The lowest BCUT2D eigenvalue weighted by Gasteiger charge is -2.16. The molecule has 0 saturated carbocycles. The van der Waals surface area contributed by atoms with Gasteiger partial charge in [0.2, 0.25) is 0 Å². The number of nitroso groups, excluding NO2 is 1. The number of fused-ring (bicyclic) bond motifs is 1. The van der Waals surface area contributed by atoms with Gasteiger partial charge in [-0.25, -0.2) is 8.42 Å². The van der Waals surface area contributed by atoms with E-state index in [-0.39, 0.29) is 29.7 Å². The van der Waals surface area contributed by atoms with Crippen molar-refractivity contribution >= 4 is 26.6 Å². The molecule has 0 bridgehead atoms. The summed E-state index contributed by atoms with van der Waals surface area (Å²) < 4.78 is 26.3. The van der Waals surface area contributed by atoms with E-state index in [1.165, 1.54) is 18.3 Å². The first-order chi connectivity index (χ1) is 18.3. The molecule has 198 valence electrons. The fourth-order valence-corrected chi connectivity index (χ4v) is 5.26. The number of benzene rings is 2. The minimum absolute atomic E-state index is 0.0382. The molecule has 0 aliphatic carbocycles. The fraction of sp³-hybridized carbons (Fsp3) is 0.286. The molecule has 0 aliphatic rings. The fourth-order valence-electron chi connectivity index (χ4n) is 4.44. The molecule has 2 aromatic carbocycles. The summed E-state index contributed by atoms with van der Waals surface area (Å²) in [5.74, 6) is -0.410. The van der Waals surface area contributed by atoms with E-state index in [9.17, 15) is 23.2 Å². The molecule has 0 spiro atoms. The molecule has 2 aromatic heterocycles. The van der Waals surface area contributed by atoms with Gasteiger partial charge >= 0.3 is 0 Å². The number of nitrogens with zero attached hydrogens (tertiary/aromatic N) is 3. The number of nitrogens with one attached hydrogen (secondary N) is 1. The Morgan fingerprint density at radius 1 is 1.05 bits per heavy atom. The van der Waals surface area contributed by atoms with Gasteiger partial charge in [-0.05, 0) is 54.4 Å². The lowest BCUT2D eigenvalue weighted by molar-refractivity contribution is 0.0915. The minimum Gasteiger partial charge on any atom is -0.394 e. The number of hydrogen-bond donors (Lipinski definition) is 2. The molecular weight excluding hydrogens is 504 g/mol. The van der Waals surface area contributed by atoms with Crippen molar-refractivity contribution in [3.63, 3.8) is 0 Å². The molecule has 4 rings (SSSR count). The largest absolute Gasteiger partial charge is 0.394 e. The SMILES string of the molecule is CCn1c(Cc2ccc(CN=O)cc2)cc2cc(C(=O)N[C@@H](CO)c3ccc(S(=O)(=O)CC)cn3)ccc21. The Kier molecular flexibility index (Phi) is 8.33. The zero-order valence-corrected chi connectivity index (χ0v) is 22.1. The average Bonchev–Trinajstić information content (AvgIpc) is 3.28. The van der Waals surface area contributed by atoms with E-state index in [2.05, 4.69) is 33.0 Å². The normalized spacial score (nSPS) is 12.4. The van der Waals surface area contributed by atoms with Crippen LogP contribution in [0.1, 0.15) is 52.8 Å². The molecule has 0 aliphatic heterocycles. The summed E-state index contributed by atoms with van der Waals surface area (Å²) in [5, 5.41) is 16.5. The highest BCUT2D eigenvalue weighted by atomic mass is 32.2. The van der Waals surface area contributed by atoms with Crippen LogP contribution in [0, 0.1) is 4.91 Å². The molecular formula is C28H30N4O5S. The number of sulfone groups is 1. The minimum atomic E-state index is -3.39. The van der Waals surface area contributed by atoms with E-state index in [1.807, 2.05) is 36.4 Å².